The first-order chi connectivity index (χ1) is 23.5. The van der Waals surface area contributed by atoms with E-state index in [2.05, 4.69) is 15.5 Å². The average Bonchev–Trinajstić information content (AvgIpc) is 3.91. The van der Waals surface area contributed by atoms with Crippen molar-refractivity contribution in [3.63, 3.8) is 0 Å². The predicted octanol–water partition coefficient (Wildman–Crippen LogP) is 5.35. The topological polar surface area (TPSA) is 133 Å². The summed E-state index contributed by atoms with van der Waals surface area (Å²) in [6.45, 7) is 0.566. The van der Waals surface area contributed by atoms with Crippen LogP contribution >= 0.6 is 11.8 Å². The predicted molar refractivity (Wildman–Crippen MR) is 179 cm³/mol. The van der Waals surface area contributed by atoms with Crippen LogP contribution in [-0.2, 0) is 17.9 Å². The molecular weight excluding hydrogens is 632 g/mol. The summed E-state index contributed by atoms with van der Waals surface area (Å²) in [6, 6.07) is 25.9. The van der Waals surface area contributed by atoms with E-state index >= 15 is 0 Å². The molecule has 13 heteroatoms. The molecule has 48 heavy (non-hydrogen) atoms. The molecule has 2 amide bonds. The SMILES string of the molecule is COc1ccc(C2=NN(C(=O)CSc3nnc(CNC(=O)c4ccco4)n3Cc3ccccc3)C(c3cccc(OC)c3OC)C2)cc1. The molecule has 0 saturated carbocycles. The van der Waals surface area contributed by atoms with Crippen LogP contribution in [0, 0.1) is 0 Å². The third kappa shape index (κ3) is 7.05. The van der Waals surface area contributed by atoms with E-state index in [1.807, 2.05) is 77.4 Å². The van der Waals surface area contributed by atoms with Crippen molar-refractivity contribution in [3.8, 4) is 17.2 Å². The van der Waals surface area contributed by atoms with Crippen molar-refractivity contribution in [2.24, 2.45) is 5.10 Å². The molecular formula is C35H34N6O6S. The maximum atomic E-state index is 14.0. The lowest BCUT2D eigenvalue weighted by atomic mass is 9.97. The first-order valence-corrected chi connectivity index (χ1v) is 16.1. The molecule has 0 fully saturated rings. The first kappa shape index (κ1) is 32.4. The van der Waals surface area contributed by atoms with Crippen molar-refractivity contribution < 1.29 is 28.2 Å². The molecule has 1 unspecified atom stereocenters. The fraction of sp³-hybridized carbons (Fsp3) is 0.229. The Bertz CT molecular complexity index is 1890. The van der Waals surface area contributed by atoms with E-state index in [-0.39, 0.29) is 29.9 Å². The number of carbonyl (C=O) groups excluding carboxylic acids is 2. The summed E-state index contributed by atoms with van der Waals surface area (Å²) in [5.41, 5.74) is 3.44. The fourth-order valence-electron chi connectivity index (χ4n) is 5.44. The fourth-order valence-corrected chi connectivity index (χ4v) is 6.25. The van der Waals surface area contributed by atoms with E-state index in [4.69, 9.17) is 23.7 Å². The van der Waals surface area contributed by atoms with Crippen LogP contribution in [0.5, 0.6) is 17.2 Å². The average molecular weight is 667 g/mol. The van der Waals surface area contributed by atoms with Crippen molar-refractivity contribution in [1.29, 1.82) is 0 Å². The van der Waals surface area contributed by atoms with Gasteiger partial charge in [-0.1, -0.05) is 54.2 Å². The summed E-state index contributed by atoms with van der Waals surface area (Å²) in [5.74, 6) is 2.03. The second-order valence-corrected chi connectivity index (χ2v) is 11.7. The van der Waals surface area contributed by atoms with Gasteiger partial charge < -0.3 is 28.5 Å². The molecule has 0 radical (unpaired) electrons. The first-order valence-electron chi connectivity index (χ1n) is 15.1. The minimum absolute atomic E-state index is 0.0356. The van der Waals surface area contributed by atoms with Crippen molar-refractivity contribution in [2.75, 3.05) is 27.1 Å². The number of nitrogens with one attached hydrogen (secondary N) is 1. The van der Waals surface area contributed by atoms with E-state index < -0.39 is 6.04 Å². The minimum atomic E-state index is -0.435. The molecule has 0 saturated heterocycles. The zero-order chi connectivity index (χ0) is 33.5. The molecule has 1 N–H and O–H groups in total. The largest absolute Gasteiger partial charge is 0.497 e. The van der Waals surface area contributed by atoms with Gasteiger partial charge in [-0.15, -0.1) is 10.2 Å². The molecule has 0 spiro atoms. The summed E-state index contributed by atoms with van der Waals surface area (Å²) in [6.07, 6.45) is 1.91. The number of rotatable bonds is 13. The molecule has 3 aromatic carbocycles. The van der Waals surface area contributed by atoms with Crippen molar-refractivity contribution >= 4 is 29.3 Å². The van der Waals surface area contributed by atoms with Gasteiger partial charge in [0, 0.05) is 12.0 Å². The highest BCUT2D eigenvalue weighted by molar-refractivity contribution is 7.99. The Morgan fingerprint density at radius 2 is 1.73 bits per heavy atom. The molecule has 0 aliphatic carbocycles. The molecule has 3 heterocycles. The number of carbonyl (C=O) groups is 2. The number of nitrogens with zero attached hydrogens (tertiary/aromatic N) is 5. The Labute approximate surface area is 281 Å². The summed E-state index contributed by atoms with van der Waals surface area (Å²) in [5, 5.41) is 18.5. The zero-order valence-electron chi connectivity index (χ0n) is 26.7. The summed E-state index contributed by atoms with van der Waals surface area (Å²) in [4.78, 5) is 26.6. The van der Waals surface area contributed by atoms with Crippen LogP contribution in [0.25, 0.3) is 0 Å². The molecule has 1 aliphatic heterocycles. The van der Waals surface area contributed by atoms with Crippen LogP contribution in [-0.4, -0.2) is 64.4 Å². The van der Waals surface area contributed by atoms with Crippen molar-refractivity contribution in [2.45, 2.75) is 30.7 Å². The number of aromatic nitrogens is 3. The lowest BCUT2D eigenvalue weighted by Crippen LogP contribution is -2.29. The highest BCUT2D eigenvalue weighted by atomic mass is 32.2. The second-order valence-electron chi connectivity index (χ2n) is 10.7. The van der Waals surface area contributed by atoms with Crippen LogP contribution in [0.4, 0.5) is 0 Å². The van der Waals surface area contributed by atoms with Gasteiger partial charge in [0.15, 0.2) is 28.2 Å². The Hall–Kier alpha value is -5.56. The highest BCUT2D eigenvalue weighted by Gasteiger charge is 2.36. The second kappa shape index (κ2) is 14.9. The number of hydrogen-bond donors (Lipinski definition) is 1. The van der Waals surface area contributed by atoms with Crippen molar-refractivity contribution in [3.05, 3.63) is 119 Å². The monoisotopic (exact) mass is 666 g/mol. The van der Waals surface area contributed by atoms with Crippen LogP contribution in [0.1, 0.15) is 45.5 Å². The van der Waals surface area contributed by atoms with E-state index in [0.29, 0.717) is 35.4 Å². The Morgan fingerprint density at radius 1 is 0.917 bits per heavy atom. The maximum absolute atomic E-state index is 14.0. The quantitative estimate of drug-likeness (QED) is 0.165. The third-order valence-corrected chi connectivity index (χ3v) is 8.79. The Kier molecular flexibility index (Phi) is 10.1. The number of amides is 2. The molecule has 2 aromatic heterocycles. The molecule has 5 aromatic rings. The molecule has 0 bridgehead atoms. The lowest BCUT2D eigenvalue weighted by molar-refractivity contribution is -0.130. The number of furan rings is 1. The standard InChI is InChI=1S/C35H34N6O6S/c1-44-25-16-14-24(15-17-25)27-19-28(26-11-7-12-29(45-2)33(26)46-3)41(39-27)32(42)22-48-35-38-37-31(20-36-34(43)30-13-8-18-47-30)40(35)21-23-9-5-4-6-10-23/h4-18,28H,19-22H2,1-3H3,(H,36,43). The van der Waals surface area contributed by atoms with Crippen LogP contribution in [0.2, 0.25) is 0 Å². The van der Waals surface area contributed by atoms with Gasteiger partial charge in [-0.25, -0.2) is 5.01 Å². The number of thioether (sulfide) groups is 1. The minimum Gasteiger partial charge on any atom is -0.497 e. The van der Waals surface area contributed by atoms with E-state index in [1.165, 1.54) is 23.0 Å². The van der Waals surface area contributed by atoms with Gasteiger partial charge in [0.1, 0.15) is 5.75 Å². The maximum Gasteiger partial charge on any atom is 0.287 e. The van der Waals surface area contributed by atoms with Gasteiger partial charge >= 0.3 is 0 Å². The highest BCUT2D eigenvalue weighted by Crippen LogP contribution is 2.42. The normalized spacial score (nSPS) is 14.0. The Morgan fingerprint density at radius 3 is 2.44 bits per heavy atom. The number of para-hydroxylation sites is 1. The molecule has 246 valence electrons. The molecule has 1 atom stereocenters. The van der Waals surface area contributed by atoms with E-state index in [0.717, 1.165) is 28.2 Å². The van der Waals surface area contributed by atoms with Gasteiger partial charge in [0.2, 0.25) is 0 Å². The van der Waals surface area contributed by atoms with Crippen molar-refractivity contribution in [1.82, 2.24) is 25.1 Å². The van der Waals surface area contributed by atoms with Crippen LogP contribution in [0.3, 0.4) is 0 Å². The summed E-state index contributed by atoms with van der Waals surface area (Å²) in [7, 11) is 4.78. The van der Waals surface area contributed by atoms with Gasteiger partial charge in [-0.2, -0.15) is 5.10 Å². The number of methoxy groups -OCH3 is 3. The number of hydrogen-bond acceptors (Lipinski definition) is 10. The van der Waals surface area contributed by atoms with Crippen LogP contribution < -0.4 is 19.5 Å². The molecule has 1 aliphatic rings. The smallest absolute Gasteiger partial charge is 0.287 e. The molecule has 12 nitrogen and oxygen atoms in total. The molecule has 6 rings (SSSR count). The lowest BCUT2D eigenvalue weighted by Gasteiger charge is -2.24. The number of benzene rings is 3. The van der Waals surface area contributed by atoms with Gasteiger partial charge in [0.05, 0.1) is 58.2 Å². The number of hydrazone groups is 1. The van der Waals surface area contributed by atoms with Crippen LogP contribution in [0.15, 0.2) is 106 Å². The van der Waals surface area contributed by atoms with E-state index in [1.54, 1.807) is 33.5 Å². The third-order valence-electron chi connectivity index (χ3n) is 7.84. The van der Waals surface area contributed by atoms with Gasteiger partial charge in [-0.3, -0.25) is 9.59 Å². The summed E-state index contributed by atoms with van der Waals surface area (Å²) >= 11 is 1.26. The number of ether oxygens (including phenoxy) is 3. The van der Waals surface area contributed by atoms with Gasteiger partial charge in [0.25, 0.3) is 11.8 Å². The zero-order valence-corrected chi connectivity index (χ0v) is 27.5. The Balaban J connectivity index is 1.26. The summed E-state index contributed by atoms with van der Waals surface area (Å²) < 4.78 is 23.8. The van der Waals surface area contributed by atoms with E-state index in [9.17, 15) is 9.59 Å². The van der Waals surface area contributed by atoms with Gasteiger partial charge in [-0.05, 0) is 53.6 Å².